The third-order valence-electron chi connectivity index (χ3n) is 3.79. The van der Waals surface area contributed by atoms with E-state index in [9.17, 15) is 4.79 Å². The molecule has 1 atom stereocenters. The van der Waals surface area contributed by atoms with Crippen LogP contribution < -0.4 is 0 Å². The second-order valence-corrected chi connectivity index (χ2v) is 5.53. The minimum Gasteiger partial charge on any atom is -0.294 e. The number of Topliss-reactive ketones (excluding diaryl/α,β-unsaturated/α-hetero) is 1. The predicted octanol–water partition coefficient (Wildman–Crippen LogP) is 4.33. The summed E-state index contributed by atoms with van der Waals surface area (Å²) in [5.74, 6) is 0.371. The van der Waals surface area contributed by atoms with E-state index in [0.717, 1.165) is 35.4 Å². The first-order valence-corrected chi connectivity index (χ1v) is 6.98. The standard InChI is InChI=1S/C17H15ClO/c18-15-6-3-4-12(11-15)10-14-9-8-13-5-1-2-7-16(13)17(14)19/h1-7,11,14H,8-10H2. The van der Waals surface area contributed by atoms with Crippen molar-refractivity contribution >= 4 is 17.4 Å². The molecule has 1 aliphatic rings. The molecule has 0 N–H and O–H groups in total. The van der Waals surface area contributed by atoms with Gasteiger partial charge in [0.2, 0.25) is 0 Å². The number of aryl methyl sites for hydroxylation is 1. The van der Waals surface area contributed by atoms with Crippen molar-refractivity contribution in [2.24, 2.45) is 5.92 Å². The van der Waals surface area contributed by atoms with Crippen LogP contribution in [0.25, 0.3) is 0 Å². The van der Waals surface area contributed by atoms with Crippen molar-refractivity contribution in [3.05, 3.63) is 70.2 Å². The Labute approximate surface area is 118 Å². The highest BCUT2D eigenvalue weighted by molar-refractivity contribution is 6.30. The second-order valence-electron chi connectivity index (χ2n) is 5.09. The van der Waals surface area contributed by atoms with Gasteiger partial charge in [-0.25, -0.2) is 0 Å². The van der Waals surface area contributed by atoms with Gasteiger partial charge in [-0.15, -0.1) is 0 Å². The van der Waals surface area contributed by atoms with E-state index in [0.29, 0.717) is 0 Å². The van der Waals surface area contributed by atoms with Gasteiger partial charge in [0.25, 0.3) is 0 Å². The predicted molar refractivity (Wildman–Crippen MR) is 77.7 cm³/mol. The molecule has 0 saturated carbocycles. The number of hydrogen-bond acceptors (Lipinski definition) is 1. The van der Waals surface area contributed by atoms with Gasteiger partial charge < -0.3 is 0 Å². The number of halogens is 1. The molecule has 0 radical (unpaired) electrons. The van der Waals surface area contributed by atoms with Gasteiger partial charge in [-0.3, -0.25) is 4.79 Å². The summed E-state index contributed by atoms with van der Waals surface area (Å²) in [5.41, 5.74) is 3.24. The van der Waals surface area contributed by atoms with Gasteiger partial charge in [-0.2, -0.15) is 0 Å². The molecule has 0 bridgehead atoms. The van der Waals surface area contributed by atoms with Crippen LogP contribution >= 0.6 is 11.6 Å². The number of rotatable bonds is 2. The van der Waals surface area contributed by atoms with Crippen LogP contribution in [-0.4, -0.2) is 5.78 Å². The normalized spacial score (nSPS) is 18.2. The molecule has 2 aromatic carbocycles. The average Bonchev–Trinajstić information content (AvgIpc) is 2.42. The quantitative estimate of drug-likeness (QED) is 0.794. The average molecular weight is 271 g/mol. The van der Waals surface area contributed by atoms with Gasteiger partial charge in [0.1, 0.15) is 0 Å². The molecule has 1 nitrogen and oxygen atoms in total. The molecule has 1 aliphatic carbocycles. The third kappa shape index (κ3) is 2.57. The Morgan fingerprint density at radius 3 is 2.79 bits per heavy atom. The largest absolute Gasteiger partial charge is 0.294 e. The van der Waals surface area contributed by atoms with E-state index in [1.54, 1.807) is 0 Å². The van der Waals surface area contributed by atoms with E-state index < -0.39 is 0 Å². The number of hydrogen-bond donors (Lipinski definition) is 0. The van der Waals surface area contributed by atoms with Crippen molar-refractivity contribution in [1.82, 2.24) is 0 Å². The Balaban J connectivity index is 1.83. The van der Waals surface area contributed by atoms with Crippen LogP contribution in [0.3, 0.4) is 0 Å². The van der Waals surface area contributed by atoms with E-state index in [4.69, 9.17) is 11.6 Å². The minimum atomic E-state index is 0.0911. The van der Waals surface area contributed by atoms with Gasteiger partial charge in [0, 0.05) is 16.5 Å². The zero-order chi connectivity index (χ0) is 13.2. The fraction of sp³-hybridized carbons (Fsp3) is 0.235. The molecule has 0 spiro atoms. The van der Waals surface area contributed by atoms with Crippen molar-refractivity contribution in [2.75, 3.05) is 0 Å². The molecule has 0 aromatic heterocycles. The highest BCUT2D eigenvalue weighted by Gasteiger charge is 2.26. The zero-order valence-corrected chi connectivity index (χ0v) is 11.4. The van der Waals surface area contributed by atoms with Crippen LogP contribution in [0.1, 0.15) is 27.9 Å². The first-order chi connectivity index (χ1) is 9.24. The topological polar surface area (TPSA) is 17.1 Å². The van der Waals surface area contributed by atoms with E-state index >= 15 is 0 Å². The maximum absolute atomic E-state index is 12.5. The van der Waals surface area contributed by atoms with Gasteiger partial charge in [0.15, 0.2) is 5.78 Å². The number of carbonyl (C=O) groups is 1. The van der Waals surface area contributed by atoms with Crippen molar-refractivity contribution in [2.45, 2.75) is 19.3 Å². The SMILES string of the molecule is O=C1c2ccccc2CCC1Cc1cccc(Cl)c1. The molecule has 1 unspecified atom stereocenters. The fourth-order valence-electron chi connectivity index (χ4n) is 2.80. The molecule has 0 amide bonds. The summed E-state index contributed by atoms with van der Waals surface area (Å²) in [5, 5.41) is 0.737. The molecule has 19 heavy (non-hydrogen) atoms. The summed E-state index contributed by atoms with van der Waals surface area (Å²) in [4.78, 5) is 12.5. The molecule has 2 heteroatoms. The van der Waals surface area contributed by atoms with E-state index in [1.165, 1.54) is 5.56 Å². The lowest BCUT2D eigenvalue weighted by Gasteiger charge is -2.23. The lowest BCUT2D eigenvalue weighted by molar-refractivity contribution is 0.0901. The first-order valence-electron chi connectivity index (χ1n) is 6.60. The number of carbonyl (C=O) groups excluding carboxylic acids is 1. The van der Waals surface area contributed by atoms with Crippen molar-refractivity contribution in [3.63, 3.8) is 0 Å². The van der Waals surface area contributed by atoms with Gasteiger partial charge in [-0.05, 0) is 42.5 Å². The lowest BCUT2D eigenvalue weighted by Crippen LogP contribution is -2.24. The summed E-state index contributed by atoms with van der Waals surface area (Å²) in [6.45, 7) is 0. The van der Waals surface area contributed by atoms with E-state index in [1.807, 2.05) is 42.5 Å². The van der Waals surface area contributed by atoms with Crippen molar-refractivity contribution in [3.8, 4) is 0 Å². The smallest absolute Gasteiger partial charge is 0.166 e. The van der Waals surface area contributed by atoms with E-state index in [2.05, 4.69) is 6.07 Å². The summed E-state index contributed by atoms with van der Waals surface area (Å²) in [7, 11) is 0. The van der Waals surface area contributed by atoms with Crippen molar-refractivity contribution in [1.29, 1.82) is 0 Å². The molecule has 0 saturated heterocycles. The van der Waals surface area contributed by atoms with Crippen LogP contribution in [-0.2, 0) is 12.8 Å². The monoisotopic (exact) mass is 270 g/mol. The van der Waals surface area contributed by atoms with Crippen LogP contribution in [0.15, 0.2) is 48.5 Å². The molecule has 96 valence electrons. The number of fused-ring (bicyclic) bond motifs is 1. The summed E-state index contributed by atoms with van der Waals surface area (Å²) in [6.07, 6.45) is 2.71. The summed E-state index contributed by atoms with van der Waals surface area (Å²) >= 11 is 6.00. The molecule has 2 aromatic rings. The zero-order valence-electron chi connectivity index (χ0n) is 10.6. The number of ketones is 1. The number of benzene rings is 2. The Morgan fingerprint density at radius 1 is 1.11 bits per heavy atom. The highest BCUT2D eigenvalue weighted by atomic mass is 35.5. The molecule has 0 heterocycles. The summed E-state index contributed by atoms with van der Waals surface area (Å²) < 4.78 is 0. The Morgan fingerprint density at radius 2 is 1.95 bits per heavy atom. The minimum absolute atomic E-state index is 0.0911. The van der Waals surface area contributed by atoms with Crippen molar-refractivity contribution < 1.29 is 4.79 Å². The third-order valence-corrected chi connectivity index (χ3v) is 4.02. The van der Waals surface area contributed by atoms with Gasteiger partial charge in [0.05, 0.1) is 0 Å². The maximum atomic E-state index is 12.5. The molecular weight excluding hydrogens is 256 g/mol. The van der Waals surface area contributed by atoms with Crippen LogP contribution in [0.5, 0.6) is 0 Å². The van der Waals surface area contributed by atoms with Gasteiger partial charge >= 0.3 is 0 Å². The Hall–Kier alpha value is -1.60. The molecule has 0 aliphatic heterocycles. The molecule has 0 fully saturated rings. The fourth-order valence-corrected chi connectivity index (χ4v) is 3.02. The second kappa shape index (κ2) is 5.18. The van der Waals surface area contributed by atoms with Gasteiger partial charge in [-0.1, -0.05) is 48.0 Å². The molecule has 3 rings (SSSR count). The van der Waals surface area contributed by atoms with Crippen LogP contribution in [0.4, 0.5) is 0 Å². The Bertz CT molecular complexity index is 618. The molecular formula is C17H15ClO. The van der Waals surface area contributed by atoms with E-state index in [-0.39, 0.29) is 11.7 Å². The Kier molecular flexibility index (Phi) is 3.39. The van der Waals surface area contributed by atoms with Crippen LogP contribution in [0, 0.1) is 5.92 Å². The maximum Gasteiger partial charge on any atom is 0.166 e. The summed E-state index contributed by atoms with van der Waals surface area (Å²) in [6, 6.07) is 15.8. The first kappa shape index (κ1) is 12.4. The highest BCUT2D eigenvalue weighted by Crippen LogP contribution is 2.28. The van der Waals surface area contributed by atoms with Crippen LogP contribution in [0.2, 0.25) is 5.02 Å². The lowest BCUT2D eigenvalue weighted by atomic mass is 9.80.